The summed E-state index contributed by atoms with van der Waals surface area (Å²) >= 11 is 0. The third-order valence-corrected chi connectivity index (χ3v) is 3.80. The Morgan fingerprint density at radius 2 is 2.09 bits per heavy atom. The minimum Gasteiger partial charge on any atom is -0.462 e. The molecule has 0 radical (unpaired) electrons. The first-order valence-corrected chi connectivity index (χ1v) is 7.58. The lowest BCUT2D eigenvalue weighted by molar-refractivity contribution is -0.130. The lowest BCUT2D eigenvalue weighted by Gasteiger charge is -2.23. The van der Waals surface area contributed by atoms with E-state index in [-0.39, 0.29) is 6.04 Å². The first kappa shape index (κ1) is 16.0. The molecule has 22 heavy (non-hydrogen) atoms. The predicted molar refractivity (Wildman–Crippen MR) is 81.6 cm³/mol. The Balaban J connectivity index is 1.94. The second-order valence-corrected chi connectivity index (χ2v) is 5.59. The van der Waals surface area contributed by atoms with Gasteiger partial charge >= 0.3 is 0 Å². The number of nitriles is 1. The van der Waals surface area contributed by atoms with E-state index in [0.717, 1.165) is 31.4 Å². The third-order valence-electron chi connectivity index (χ3n) is 3.80. The van der Waals surface area contributed by atoms with Crippen molar-refractivity contribution in [2.75, 3.05) is 0 Å². The number of aryl methyl sites for hydroxylation is 1. The zero-order valence-corrected chi connectivity index (χ0v) is 12.7. The standard InChI is InChI=1S/C17H20N2O3/c1-12-7-8-14(22-12)9-10-16(20)15(11-18)17(21)19-13-5-3-2-4-6-13/h7-10,13,15H,2-6H2,1H3,(H,19,21). The van der Waals surface area contributed by atoms with Crippen molar-refractivity contribution in [1.82, 2.24) is 5.32 Å². The number of carbonyl (C=O) groups is 2. The zero-order valence-electron chi connectivity index (χ0n) is 12.7. The van der Waals surface area contributed by atoms with Gasteiger partial charge in [-0.3, -0.25) is 9.59 Å². The molecule has 1 aliphatic carbocycles. The van der Waals surface area contributed by atoms with Gasteiger partial charge in [0.2, 0.25) is 5.91 Å². The highest BCUT2D eigenvalue weighted by atomic mass is 16.3. The Hall–Kier alpha value is -2.35. The fourth-order valence-electron chi connectivity index (χ4n) is 2.59. The summed E-state index contributed by atoms with van der Waals surface area (Å²) in [5.74, 6) is -1.06. The Bertz CT molecular complexity index is 604. The number of hydrogen-bond donors (Lipinski definition) is 1. The number of carbonyl (C=O) groups excluding carboxylic acids is 2. The van der Waals surface area contributed by atoms with Crippen LogP contribution >= 0.6 is 0 Å². The minimum atomic E-state index is -1.30. The lowest BCUT2D eigenvalue weighted by atomic mass is 9.94. The van der Waals surface area contributed by atoms with Gasteiger partial charge in [-0.1, -0.05) is 19.3 Å². The van der Waals surface area contributed by atoms with E-state index in [1.807, 2.05) is 0 Å². The topological polar surface area (TPSA) is 83.1 Å². The fraction of sp³-hybridized carbons (Fsp3) is 0.471. The fourth-order valence-corrected chi connectivity index (χ4v) is 2.59. The van der Waals surface area contributed by atoms with Crippen LogP contribution in [0, 0.1) is 24.2 Å². The first-order valence-electron chi connectivity index (χ1n) is 7.58. The van der Waals surface area contributed by atoms with Crippen molar-refractivity contribution in [2.24, 2.45) is 5.92 Å². The number of allylic oxidation sites excluding steroid dienone is 1. The molecule has 1 amide bonds. The molecule has 1 heterocycles. The number of hydrogen-bond acceptors (Lipinski definition) is 4. The molecular formula is C17H20N2O3. The van der Waals surface area contributed by atoms with Crippen LogP contribution in [0.4, 0.5) is 0 Å². The van der Waals surface area contributed by atoms with E-state index in [0.29, 0.717) is 5.76 Å². The highest BCUT2D eigenvalue weighted by molar-refractivity contribution is 6.10. The molecule has 1 N–H and O–H groups in total. The monoisotopic (exact) mass is 300 g/mol. The van der Waals surface area contributed by atoms with E-state index in [1.54, 1.807) is 25.1 Å². The average Bonchev–Trinajstić information content (AvgIpc) is 2.92. The Morgan fingerprint density at radius 1 is 1.36 bits per heavy atom. The van der Waals surface area contributed by atoms with Crippen LogP contribution in [0.5, 0.6) is 0 Å². The molecule has 0 saturated heterocycles. The number of nitrogens with zero attached hydrogens (tertiary/aromatic N) is 1. The minimum absolute atomic E-state index is 0.0848. The molecule has 0 bridgehead atoms. The molecule has 1 aliphatic rings. The van der Waals surface area contributed by atoms with Gasteiger partial charge in [-0.25, -0.2) is 0 Å². The maximum Gasteiger partial charge on any atom is 0.245 e. The smallest absolute Gasteiger partial charge is 0.245 e. The van der Waals surface area contributed by atoms with Crippen molar-refractivity contribution in [3.05, 3.63) is 29.7 Å². The molecule has 1 unspecified atom stereocenters. The van der Waals surface area contributed by atoms with Gasteiger partial charge in [0.15, 0.2) is 11.7 Å². The molecule has 5 heteroatoms. The van der Waals surface area contributed by atoms with E-state index < -0.39 is 17.6 Å². The van der Waals surface area contributed by atoms with Crippen LogP contribution in [-0.4, -0.2) is 17.7 Å². The summed E-state index contributed by atoms with van der Waals surface area (Å²) in [5, 5.41) is 11.9. The summed E-state index contributed by atoms with van der Waals surface area (Å²) < 4.78 is 5.31. The van der Waals surface area contributed by atoms with E-state index in [4.69, 9.17) is 9.68 Å². The van der Waals surface area contributed by atoms with Gasteiger partial charge in [0.05, 0.1) is 6.07 Å². The van der Waals surface area contributed by atoms with Gasteiger partial charge in [0.25, 0.3) is 0 Å². The van der Waals surface area contributed by atoms with Gasteiger partial charge in [0.1, 0.15) is 11.5 Å². The quantitative estimate of drug-likeness (QED) is 0.669. The van der Waals surface area contributed by atoms with Crippen LogP contribution in [-0.2, 0) is 9.59 Å². The maximum atomic E-state index is 12.1. The van der Waals surface area contributed by atoms with Crippen LogP contribution < -0.4 is 5.32 Å². The number of amides is 1. The maximum absolute atomic E-state index is 12.1. The second kappa shape index (κ2) is 7.60. The first-order chi connectivity index (χ1) is 10.6. The lowest BCUT2D eigenvalue weighted by Crippen LogP contribution is -2.41. The van der Waals surface area contributed by atoms with Crippen molar-refractivity contribution in [3.8, 4) is 6.07 Å². The van der Waals surface area contributed by atoms with Gasteiger partial charge in [0, 0.05) is 6.04 Å². The van der Waals surface area contributed by atoms with Crippen molar-refractivity contribution in [3.63, 3.8) is 0 Å². The molecule has 116 valence electrons. The highest BCUT2D eigenvalue weighted by Crippen LogP contribution is 2.18. The SMILES string of the molecule is Cc1ccc(C=CC(=O)C(C#N)C(=O)NC2CCCCC2)o1. The number of furan rings is 1. The molecule has 0 aliphatic heterocycles. The zero-order chi connectivity index (χ0) is 15.9. The molecular weight excluding hydrogens is 280 g/mol. The number of rotatable bonds is 5. The Morgan fingerprint density at radius 3 is 2.68 bits per heavy atom. The summed E-state index contributed by atoms with van der Waals surface area (Å²) in [6, 6.07) is 5.38. The molecule has 1 aromatic heterocycles. The third kappa shape index (κ3) is 4.32. The molecule has 1 fully saturated rings. The van der Waals surface area contributed by atoms with E-state index in [2.05, 4.69) is 5.32 Å². The van der Waals surface area contributed by atoms with E-state index >= 15 is 0 Å². The second-order valence-electron chi connectivity index (χ2n) is 5.59. The summed E-state index contributed by atoms with van der Waals surface area (Å²) in [5.41, 5.74) is 0. The molecule has 5 nitrogen and oxygen atoms in total. The molecule has 0 spiro atoms. The van der Waals surface area contributed by atoms with Gasteiger partial charge in [-0.15, -0.1) is 0 Å². The Kier molecular flexibility index (Phi) is 5.54. The molecule has 1 atom stereocenters. The molecule has 1 saturated carbocycles. The average molecular weight is 300 g/mol. The van der Waals surface area contributed by atoms with E-state index in [9.17, 15) is 9.59 Å². The van der Waals surface area contributed by atoms with Crippen LogP contribution in [0.25, 0.3) is 6.08 Å². The van der Waals surface area contributed by atoms with Gasteiger partial charge in [-0.2, -0.15) is 5.26 Å². The summed E-state index contributed by atoms with van der Waals surface area (Å²) in [6.07, 6.45) is 7.87. The predicted octanol–water partition coefficient (Wildman–Crippen LogP) is 2.76. The van der Waals surface area contributed by atoms with Crippen molar-refractivity contribution in [2.45, 2.75) is 45.1 Å². The van der Waals surface area contributed by atoms with Crippen molar-refractivity contribution < 1.29 is 14.0 Å². The number of nitrogens with one attached hydrogen (secondary N) is 1. The molecule has 1 aromatic rings. The van der Waals surface area contributed by atoms with Gasteiger partial charge < -0.3 is 9.73 Å². The normalized spacial score (nSPS) is 17.1. The van der Waals surface area contributed by atoms with E-state index in [1.165, 1.54) is 18.6 Å². The van der Waals surface area contributed by atoms with Crippen molar-refractivity contribution >= 4 is 17.8 Å². The molecule has 2 rings (SSSR count). The largest absolute Gasteiger partial charge is 0.462 e. The summed E-state index contributed by atoms with van der Waals surface area (Å²) in [6.45, 7) is 1.80. The van der Waals surface area contributed by atoms with Crippen LogP contribution in [0.1, 0.15) is 43.6 Å². The Labute approximate surface area is 130 Å². The summed E-state index contributed by atoms with van der Waals surface area (Å²) in [4.78, 5) is 24.1. The van der Waals surface area contributed by atoms with Crippen LogP contribution in [0.15, 0.2) is 22.6 Å². The number of ketones is 1. The summed E-state index contributed by atoms with van der Waals surface area (Å²) in [7, 11) is 0. The van der Waals surface area contributed by atoms with Gasteiger partial charge in [-0.05, 0) is 44.1 Å². The van der Waals surface area contributed by atoms with Crippen LogP contribution in [0.2, 0.25) is 0 Å². The highest BCUT2D eigenvalue weighted by Gasteiger charge is 2.27. The molecule has 0 aromatic carbocycles. The van der Waals surface area contributed by atoms with Crippen molar-refractivity contribution in [1.29, 1.82) is 5.26 Å². The van der Waals surface area contributed by atoms with Crippen LogP contribution in [0.3, 0.4) is 0 Å².